The molecule has 1 fully saturated rings. The van der Waals surface area contributed by atoms with Crippen molar-refractivity contribution >= 4 is 5.57 Å². The Morgan fingerprint density at radius 1 is 1.05 bits per heavy atom. The first-order chi connectivity index (χ1) is 9.70. The highest BCUT2D eigenvalue weighted by Gasteiger charge is 2.23. The van der Waals surface area contributed by atoms with Gasteiger partial charge >= 0.3 is 0 Å². The summed E-state index contributed by atoms with van der Waals surface area (Å²) in [6.07, 6.45) is 11.2. The number of allylic oxidation sites excluding steroid dienone is 1. The second-order valence-corrected chi connectivity index (χ2v) is 6.60. The Kier molecular flexibility index (Phi) is 5.88. The largest absolute Gasteiger partial charge is 0.0950 e. The lowest BCUT2D eigenvalue weighted by Gasteiger charge is -2.30. The van der Waals surface area contributed by atoms with Gasteiger partial charge in [0.2, 0.25) is 0 Å². The lowest BCUT2D eigenvalue weighted by atomic mass is 9.75. The van der Waals surface area contributed by atoms with Crippen molar-refractivity contribution in [3.63, 3.8) is 0 Å². The van der Waals surface area contributed by atoms with E-state index in [2.05, 4.69) is 44.7 Å². The molecule has 1 saturated carbocycles. The van der Waals surface area contributed by atoms with Crippen LogP contribution in [-0.4, -0.2) is 0 Å². The van der Waals surface area contributed by atoms with E-state index in [1.807, 2.05) is 0 Å². The van der Waals surface area contributed by atoms with Gasteiger partial charge in [0, 0.05) is 0 Å². The zero-order valence-electron chi connectivity index (χ0n) is 13.3. The summed E-state index contributed by atoms with van der Waals surface area (Å²) in [5, 5.41) is 0. The van der Waals surface area contributed by atoms with Crippen LogP contribution in [0.15, 0.2) is 30.8 Å². The Bertz CT molecular complexity index is 404. The molecule has 0 amide bonds. The van der Waals surface area contributed by atoms with E-state index in [-0.39, 0.29) is 0 Å². The minimum absolute atomic E-state index is 0.722. The Balaban J connectivity index is 1.81. The van der Waals surface area contributed by atoms with Gasteiger partial charge in [-0.1, -0.05) is 69.0 Å². The monoisotopic (exact) mass is 270 g/mol. The molecule has 20 heavy (non-hydrogen) atoms. The summed E-state index contributed by atoms with van der Waals surface area (Å²) in [6.45, 7) is 8.82. The second kappa shape index (κ2) is 7.67. The van der Waals surface area contributed by atoms with Crippen molar-refractivity contribution in [1.82, 2.24) is 0 Å². The summed E-state index contributed by atoms with van der Waals surface area (Å²) in [5.74, 6) is 1.71. The van der Waals surface area contributed by atoms with Crippen LogP contribution in [0, 0.1) is 18.8 Å². The number of aryl methyl sites for hydroxylation is 1. The van der Waals surface area contributed by atoms with Gasteiger partial charge in [-0.15, -0.1) is 0 Å². The molecular formula is C20H30. The fraction of sp³-hybridized carbons (Fsp3) is 0.600. The van der Waals surface area contributed by atoms with Gasteiger partial charge in [0.05, 0.1) is 0 Å². The molecule has 0 spiro atoms. The maximum absolute atomic E-state index is 4.38. The summed E-state index contributed by atoms with van der Waals surface area (Å²) in [5.41, 5.74) is 4.06. The number of rotatable bonds is 6. The van der Waals surface area contributed by atoms with Crippen molar-refractivity contribution in [2.24, 2.45) is 11.8 Å². The topological polar surface area (TPSA) is 0 Å². The van der Waals surface area contributed by atoms with Crippen molar-refractivity contribution in [3.05, 3.63) is 42.0 Å². The highest BCUT2D eigenvalue weighted by Crippen LogP contribution is 2.38. The van der Waals surface area contributed by atoms with Gasteiger partial charge in [-0.05, 0) is 55.6 Å². The van der Waals surface area contributed by atoms with Crippen LogP contribution < -0.4 is 0 Å². The molecule has 1 aliphatic rings. The normalized spacial score (nSPS) is 22.7. The van der Waals surface area contributed by atoms with E-state index in [0.29, 0.717) is 0 Å². The van der Waals surface area contributed by atoms with Crippen LogP contribution in [0.5, 0.6) is 0 Å². The molecule has 1 aromatic rings. The van der Waals surface area contributed by atoms with Crippen molar-refractivity contribution in [1.29, 1.82) is 0 Å². The number of unbranched alkanes of at least 4 members (excludes halogenated alkanes) is 2. The zero-order valence-corrected chi connectivity index (χ0v) is 13.3. The smallest absolute Gasteiger partial charge is 0.0162 e. The van der Waals surface area contributed by atoms with Crippen LogP contribution in [-0.2, 0) is 0 Å². The Labute approximate surface area is 125 Å². The maximum atomic E-state index is 4.38. The minimum atomic E-state index is 0.722. The quantitative estimate of drug-likeness (QED) is 0.525. The third kappa shape index (κ3) is 4.23. The molecule has 0 bridgehead atoms. The molecule has 0 unspecified atom stereocenters. The van der Waals surface area contributed by atoms with E-state index in [0.717, 1.165) is 11.8 Å². The first-order valence-electron chi connectivity index (χ1n) is 8.46. The summed E-state index contributed by atoms with van der Waals surface area (Å²) < 4.78 is 0. The molecule has 0 heteroatoms. The summed E-state index contributed by atoms with van der Waals surface area (Å²) in [6, 6.07) is 8.89. The Morgan fingerprint density at radius 2 is 1.70 bits per heavy atom. The van der Waals surface area contributed by atoms with Crippen molar-refractivity contribution in [3.8, 4) is 0 Å². The molecular weight excluding hydrogens is 240 g/mol. The third-order valence-corrected chi connectivity index (χ3v) is 4.98. The first-order valence-corrected chi connectivity index (χ1v) is 8.46. The molecule has 1 aliphatic carbocycles. The molecule has 0 nitrogen and oxygen atoms in total. The molecule has 1 aromatic carbocycles. The average molecular weight is 270 g/mol. The fourth-order valence-corrected chi connectivity index (χ4v) is 3.49. The highest BCUT2D eigenvalue weighted by molar-refractivity contribution is 5.65. The van der Waals surface area contributed by atoms with E-state index >= 15 is 0 Å². The van der Waals surface area contributed by atoms with E-state index < -0.39 is 0 Å². The summed E-state index contributed by atoms with van der Waals surface area (Å²) in [4.78, 5) is 0. The van der Waals surface area contributed by atoms with Crippen LogP contribution in [0.25, 0.3) is 5.57 Å². The lowest BCUT2D eigenvalue weighted by Crippen LogP contribution is -2.15. The predicted octanol–water partition coefficient (Wildman–Crippen LogP) is 6.39. The van der Waals surface area contributed by atoms with Gasteiger partial charge in [-0.2, -0.15) is 0 Å². The number of hydrogen-bond donors (Lipinski definition) is 0. The van der Waals surface area contributed by atoms with Gasteiger partial charge in [0.1, 0.15) is 0 Å². The molecule has 0 atom stereocenters. The van der Waals surface area contributed by atoms with Crippen LogP contribution in [0.2, 0.25) is 0 Å². The molecule has 110 valence electrons. The summed E-state index contributed by atoms with van der Waals surface area (Å²) >= 11 is 0. The van der Waals surface area contributed by atoms with Gasteiger partial charge in [-0.3, -0.25) is 0 Å². The molecule has 0 saturated heterocycles. The van der Waals surface area contributed by atoms with Gasteiger partial charge < -0.3 is 0 Å². The number of hydrogen-bond acceptors (Lipinski definition) is 0. The van der Waals surface area contributed by atoms with E-state index in [9.17, 15) is 0 Å². The van der Waals surface area contributed by atoms with E-state index in [1.165, 1.54) is 68.1 Å². The first kappa shape index (κ1) is 15.4. The predicted molar refractivity (Wildman–Crippen MR) is 89.8 cm³/mol. The van der Waals surface area contributed by atoms with Gasteiger partial charge in [0.25, 0.3) is 0 Å². The molecule has 0 radical (unpaired) electrons. The summed E-state index contributed by atoms with van der Waals surface area (Å²) in [7, 11) is 0. The lowest BCUT2D eigenvalue weighted by molar-refractivity contribution is 0.294. The Morgan fingerprint density at radius 3 is 2.30 bits per heavy atom. The molecule has 0 heterocycles. The zero-order chi connectivity index (χ0) is 14.4. The Hall–Kier alpha value is -1.04. The van der Waals surface area contributed by atoms with E-state index in [4.69, 9.17) is 0 Å². The van der Waals surface area contributed by atoms with E-state index in [1.54, 1.807) is 0 Å². The van der Waals surface area contributed by atoms with Crippen LogP contribution in [0.1, 0.15) is 69.4 Å². The highest BCUT2D eigenvalue weighted by atomic mass is 14.3. The molecule has 0 N–H and O–H groups in total. The van der Waals surface area contributed by atoms with Crippen molar-refractivity contribution < 1.29 is 0 Å². The minimum Gasteiger partial charge on any atom is -0.0950 e. The van der Waals surface area contributed by atoms with Gasteiger partial charge in [-0.25, -0.2) is 0 Å². The van der Waals surface area contributed by atoms with Crippen molar-refractivity contribution in [2.75, 3.05) is 0 Å². The fourth-order valence-electron chi connectivity index (χ4n) is 3.49. The molecule has 0 aromatic heterocycles. The van der Waals surface area contributed by atoms with Gasteiger partial charge in [0.15, 0.2) is 0 Å². The molecule has 0 aliphatic heterocycles. The van der Waals surface area contributed by atoms with Crippen molar-refractivity contribution in [2.45, 2.75) is 65.2 Å². The van der Waals surface area contributed by atoms with Crippen LogP contribution in [0.4, 0.5) is 0 Å². The average Bonchev–Trinajstić information content (AvgIpc) is 2.48. The second-order valence-electron chi connectivity index (χ2n) is 6.60. The maximum Gasteiger partial charge on any atom is -0.0162 e. The SMILES string of the molecule is C=C(c1ccc(C)cc1)C1CCC(CCCCC)CC1. The van der Waals surface area contributed by atoms with Crippen LogP contribution in [0.3, 0.4) is 0 Å². The molecule has 2 rings (SSSR count). The standard InChI is InChI=1S/C20H30/c1-4-5-6-7-18-10-14-20(15-11-18)17(3)19-12-8-16(2)9-13-19/h8-9,12-13,18,20H,3-7,10-11,14-15H2,1-2H3. The third-order valence-electron chi connectivity index (χ3n) is 4.98. The number of benzene rings is 1. The van der Waals surface area contributed by atoms with Crippen LogP contribution >= 0.6 is 0 Å².